The maximum atomic E-state index is 2.38. The van der Waals surface area contributed by atoms with Gasteiger partial charge in [-0.05, 0) is 29.2 Å². The minimum atomic E-state index is 1.24. The van der Waals surface area contributed by atoms with Crippen LogP contribution in [0.4, 0.5) is 0 Å². The fourth-order valence-electron chi connectivity index (χ4n) is 5.69. The fraction of sp³-hybridized carbons (Fsp3) is 0.722. The molecule has 0 spiro atoms. The normalized spacial score (nSPS) is 11.5. The Morgan fingerprint density at radius 2 is 0.722 bits per heavy atom. The van der Waals surface area contributed by atoms with E-state index in [1.165, 1.54) is 177 Å². The zero-order valence-corrected chi connectivity index (χ0v) is 24.2. The monoisotopic (exact) mass is 492 g/mol. The summed E-state index contributed by atoms with van der Waals surface area (Å²) in [7, 11) is 0. The van der Waals surface area contributed by atoms with Crippen LogP contribution in [0.5, 0.6) is 0 Å². The minimum absolute atomic E-state index is 1.24. The molecule has 0 N–H and O–H groups in total. The highest BCUT2D eigenvalue weighted by molar-refractivity contribution is 5.82. The summed E-state index contributed by atoms with van der Waals surface area (Å²) in [5.74, 6) is 0. The van der Waals surface area contributed by atoms with Crippen LogP contribution in [-0.4, -0.2) is 0 Å². The summed E-state index contributed by atoms with van der Waals surface area (Å²) in [5, 5.41) is 2.75. The molecule has 0 aromatic heterocycles. The van der Waals surface area contributed by atoms with Crippen LogP contribution in [0.15, 0.2) is 42.5 Å². The zero-order valence-electron chi connectivity index (χ0n) is 24.2. The number of unbranched alkanes of at least 4 members (excludes halogenated alkanes) is 23. The molecule has 0 aliphatic rings. The van der Waals surface area contributed by atoms with E-state index in [9.17, 15) is 0 Å². The Morgan fingerprint density at radius 1 is 0.361 bits per heavy atom. The van der Waals surface area contributed by atoms with Gasteiger partial charge in [0.1, 0.15) is 0 Å². The van der Waals surface area contributed by atoms with Crippen LogP contribution >= 0.6 is 0 Å². The Bertz CT molecular complexity index is 730. The molecule has 36 heavy (non-hydrogen) atoms. The number of hydrogen-bond acceptors (Lipinski definition) is 0. The van der Waals surface area contributed by atoms with Crippen LogP contribution in [0.1, 0.15) is 167 Å². The Kier molecular flexibility index (Phi) is 19.6. The number of fused-ring (bicyclic) bond motifs is 1. The lowest BCUT2D eigenvalue weighted by atomic mass is 10.0. The maximum Gasteiger partial charge on any atom is -0.0181 e. The van der Waals surface area contributed by atoms with E-state index in [2.05, 4.69) is 49.4 Å². The number of aryl methyl sites for hydroxylation is 1. The van der Waals surface area contributed by atoms with Gasteiger partial charge in [-0.15, -0.1) is 0 Å². The summed E-state index contributed by atoms with van der Waals surface area (Å²) in [6.07, 6.45) is 36.2. The SMILES string of the molecule is CCCCCCCCCCCCCCCCCCCCCCCCCCc1ccc2ccccc2c1. The molecule has 0 aliphatic carbocycles. The molecule has 0 bridgehead atoms. The molecule has 0 fully saturated rings. The van der Waals surface area contributed by atoms with Gasteiger partial charge in [-0.3, -0.25) is 0 Å². The molecule has 0 amide bonds. The van der Waals surface area contributed by atoms with Gasteiger partial charge in [-0.2, -0.15) is 0 Å². The summed E-state index contributed by atoms with van der Waals surface area (Å²) in [6, 6.07) is 15.7. The summed E-state index contributed by atoms with van der Waals surface area (Å²) in [4.78, 5) is 0. The van der Waals surface area contributed by atoms with Crippen molar-refractivity contribution in [3.8, 4) is 0 Å². The third-order valence-electron chi connectivity index (χ3n) is 8.13. The number of rotatable bonds is 25. The van der Waals surface area contributed by atoms with Crippen molar-refractivity contribution in [2.75, 3.05) is 0 Å². The van der Waals surface area contributed by atoms with E-state index in [1.54, 1.807) is 0 Å². The van der Waals surface area contributed by atoms with E-state index in [1.807, 2.05) is 0 Å². The highest BCUT2D eigenvalue weighted by Crippen LogP contribution is 2.19. The van der Waals surface area contributed by atoms with E-state index >= 15 is 0 Å². The van der Waals surface area contributed by atoms with Crippen LogP contribution < -0.4 is 0 Å². The molecular weight excluding hydrogens is 432 g/mol. The lowest BCUT2D eigenvalue weighted by Crippen LogP contribution is -1.87. The van der Waals surface area contributed by atoms with Crippen LogP contribution in [0.25, 0.3) is 10.8 Å². The Hall–Kier alpha value is -1.30. The van der Waals surface area contributed by atoms with Crippen molar-refractivity contribution in [1.82, 2.24) is 0 Å². The van der Waals surface area contributed by atoms with E-state index in [0.29, 0.717) is 0 Å². The Morgan fingerprint density at radius 3 is 1.14 bits per heavy atom. The van der Waals surface area contributed by atoms with Crippen molar-refractivity contribution < 1.29 is 0 Å². The van der Waals surface area contributed by atoms with Crippen molar-refractivity contribution in [3.63, 3.8) is 0 Å². The molecule has 0 saturated heterocycles. The molecule has 204 valence electrons. The molecule has 2 rings (SSSR count). The summed E-state index contributed by atoms with van der Waals surface area (Å²) < 4.78 is 0. The van der Waals surface area contributed by atoms with Crippen molar-refractivity contribution in [1.29, 1.82) is 0 Å². The first-order valence-corrected chi connectivity index (χ1v) is 16.4. The number of benzene rings is 2. The van der Waals surface area contributed by atoms with E-state index in [-0.39, 0.29) is 0 Å². The summed E-state index contributed by atoms with van der Waals surface area (Å²) in [6.45, 7) is 2.30. The Balaban J connectivity index is 1.23. The van der Waals surface area contributed by atoms with Crippen LogP contribution in [0.2, 0.25) is 0 Å². The molecule has 0 saturated carbocycles. The van der Waals surface area contributed by atoms with E-state index < -0.39 is 0 Å². The van der Waals surface area contributed by atoms with Gasteiger partial charge in [0.2, 0.25) is 0 Å². The van der Waals surface area contributed by atoms with Crippen LogP contribution in [0.3, 0.4) is 0 Å². The topological polar surface area (TPSA) is 0 Å². The number of hydrogen-bond donors (Lipinski definition) is 0. The molecule has 0 aliphatic heterocycles. The minimum Gasteiger partial charge on any atom is -0.0654 e. The lowest BCUT2D eigenvalue weighted by Gasteiger charge is -2.05. The molecule has 0 nitrogen and oxygen atoms in total. The summed E-state index contributed by atoms with van der Waals surface area (Å²) >= 11 is 0. The standard InChI is InChI=1S/C36H60/c1-2-3-4-5-6-7-8-9-10-11-12-13-14-15-16-17-18-19-20-21-22-23-24-25-28-34-31-32-35-29-26-27-30-36(35)33-34/h26-27,29-33H,2-25,28H2,1H3. The van der Waals surface area contributed by atoms with E-state index in [4.69, 9.17) is 0 Å². The van der Waals surface area contributed by atoms with Crippen molar-refractivity contribution in [2.45, 2.75) is 167 Å². The van der Waals surface area contributed by atoms with Gasteiger partial charge in [-0.1, -0.05) is 197 Å². The summed E-state index contributed by atoms with van der Waals surface area (Å²) in [5.41, 5.74) is 1.51. The predicted molar refractivity (Wildman–Crippen MR) is 164 cm³/mol. The van der Waals surface area contributed by atoms with Gasteiger partial charge < -0.3 is 0 Å². The quantitative estimate of drug-likeness (QED) is 0.121. The lowest BCUT2D eigenvalue weighted by molar-refractivity contribution is 0.517. The highest BCUT2D eigenvalue weighted by atomic mass is 14.0. The third-order valence-corrected chi connectivity index (χ3v) is 8.13. The Labute approximate surface area is 226 Å². The largest absolute Gasteiger partial charge is 0.0654 e. The molecule has 0 radical (unpaired) electrons. The molecular formula is C36H60. The second kappa shape index (κ2) is 22.9. The second-order valence-electron chi connectivity index (χ2n) is 11.6. The van der Waals surface area contributed by atoms with Gasteiger partial charge in [0.15, 0.2) is 0 Å². The first-order chi connectivity index (χ1) is 17.9. The molecule has 0 unspecified atom stereocenters. The third kappa shape index (κ3) is 16.4. The predicted octanol–water partition coefficient (Wildman–Crippen LogP) is 12.8. The van der Waals surface area contributed by atoms with Gasteiger partial charge in [0.25, 0.3) is 0 Å². The second-order valence-corrected chi connectivity index (χ2v) is 11.6. The molecule has 2 aromatic rings. The molecule has 0 heterocycles. The van der Waals surface area contributed by atoms with Crippen LogP contribution in [0, 0.1) is 0 Å². The first-order valence-electron chi connectivity index (χ1n) is 16.4. The average molecular weight is 493 g/mol. The van der Waals surface area contributed by atoms with Crippen LogP contribution in [-0.2, 0) is 6.42 Å². The van der Waals surface area contributed by atoms with Crippen molar-refractivity contribution >= 4 is 10.8 Å². The molecule has 0 heteroatoms. The van der Waals surface area contributed by atoms with Crippen molar-refractivity contribution in [3.05, 3.63) is 48.0 Å². The molecule has 2 aromatic carbocycles. The highest BCUT2D eigenvalue weighted by Gasteiger charge is 1.98. The van der Waals surface area contributed by atoms with Gasteiger partial charge in [-0.25, -0.2) is 0 Å². The smallest absolute Gasteiger partial charge is 0.0181 e. The van der Waals surface area contributed by atoms with Gasteiger partial charge in [0.05, 0.1) is 0 Å². The fourth-order valence-corrected chi connectivity index (χ4v) is 5.69. The van der Waals surface area contributed by atoms with Gasteiger partial charge in [0, 0.05) is 0 Å². The van der Waals surface area contributed by atoms with Crippen molar-refractivity contribution in [2.24, 2.45) is 0 Å². The first kappa shape index (κ1) is 30.9. The average Bonchev–Trinajstić information content (AvgIpc) is 2.91. The zero-order chi connectivity index (χ0) is 25.4. The molecule has 0 atom stereocenters. The maximum absolute atomic E-state index is 2.38. The van der Waals surface area contributed by atoms with Gasteiger partial charge >= 0.3 is 0 Å². The van der Waals surface area contributed by atoms with E-state index in [0.717, 1.165) is 0 Å².